The van der Waals surface area contributed by atoms with Crippen LogP contribution in [0.15, 0.2) is 51.0 Å². The van der Waals surface area contributed by atoms with E-state index in [0.29, 0.717) is 16.7 Å². The number of amides is 1. The van der Waals surface area contributed by atoms with E-state index in [0.717, 1.165) is 27.7 Å². The third-order valence-electron chi connectivity index (χ3n) is 5.38. The number of carbonyl (C=O) groups is 1. The molecular formula is C24H27N7O3S. The van der Waals surface area contributed by atoms with Gasteiger partial charge in [-0.3, -0.25) is 18.7 Å². The molecule has 0 saturated carbocycles. The van der Waals surface area contributed by atoms with E-state index in [9.17, 15) is 14.4 Å². The zero-order valence-corrected chi connectivity index (χ0v) is 21.3. The van der Waals surface area contributed by atoms with Crippen molar-refractivity contribution in [1.82, 2.24) is 28.9 Å². The number of aryl methyl sites for hydroxylation is 2. The standard InChI is InChI=1S/C24H27N7O3S/c1-14-12-16(31(28-14)15-10-8-7-9-11-15)25-17(32)13-35-20-18-19(26-22(27-20)24(2,3)4)29(5)23(34)30(6)21(18)33/h7-12H,13H2,1-6H3,(H,25,32). The lowest BCUT2D eigenvalue weighted by Gasteiger charge is -2.19. The van der Waals surface area contributed by atoms with Crippen LogP contribution < -0.4 is 16.6 Å². The molecule has 3 heterocycles. The van der Waals surface area contributed by atoms with Crippen LogP contribution in [0.1, 0.15) is 32.3 Å². The molecule has 0 saturated heterocycles. The molecule has 11 heteroatoms. The first-order valence-corrected chi connectivity index (χ1v) is 12.0. The van der Waals surface area contributed by atoms with Crippen molar-refractivity contribution in [2.24, 2.45) is 14.1 Å². The molecule has 0 aliphatic carbocycles. The number of thioether (sulfide) groups is 1. The normalized spacial score (nSPS) is 11.7. The highest BCUT2D eigenvalue weighted by molar-refractivity contribution is 8.00. The molecule has 0 spiro atoms. The number of hydrogen-bond acceptors (Lipinski definition) is 7. The Labute approximate surface area is 206 Å². The number of carbonyl (C=O) groups excluding carboxylic acids is 1. The minimum atomic E-state index is -0.496. The molecule has 0 unspecified atom stereocenters. The molecular weight excluding hydrogens is 466 g/mol. The number of hydrogen-bond donors (Lipinski definition) is 1. The van der Waals surface area contributed by atoms with Gasteiger partial charge < -0.3 is 5.32 Å². The van der Waals surface area contributed by atoms with Crippen LogP contribution in [0.3, 0.4) is 0 Å². The molecule has 182 valence electrons. The fraction of sp³-hybridized carbons (Fsp3) is 0.333. The van der Waals surface area contributed by atoms with Gasteiger partial charge in [-0.1, -0.05) is 50.7 Å². The lowest BCUT2D eigenvalue weighted by Crippen LogP contribution is -2.38. The number of fused-ring (bicyclic) bond motifs is 1. The zero-order chi connectivity index (χ0) is 25.5. The first kappa shape index (κ1) is 24.4. The minimum absolute atomic E-state index is 0.000703. The Kier molecular flexibility index (Phi) is 6.37. The van der Waals surface area contributed by atoms with E-state index in [1.165, 1.54) is 11.6 Å². The van der Waals surface area contributed by atoms with Gasteiger partial charge in [0.1, 0.15) is 22.1 Å². The average Bonchev–Trinajstić information content (AvgIpc) is 3.19. The monoisotopic (exact) mass is 493 g/mol. The minimum Gasteiger partial charge on any atom is -0.310 e. The van der Waals surface area contributed by atoms with E-state index in [1.54, 1.807) is 17.8 Å². The van der Waals surface area contributed by atoms with Crippen molar-refractivity contribution in [2.45, 2.75) is 38.1 Å². The second-order valence-electron chi connectivity index (χ2n) is 9.26. The molecule has 0 aliphatic rings. The van der Waals surface area contributed by atoms with E-state index in [-0.39, 0.29) is 22.7 Å². The third kappa shape index (κ3) is 4.76. The Morgan fingerprint density at radius 3 is 2.40 bits per heavy atom. The zero-order valence-electron chi connectivity index (χ0n) is 20.5. The Bertz CT molecular complexity index is 1550. The molecule has 1 aromatic carbocycles. The van der Waals surface area contributed by atoms with Crippen LogP contribution in [-0.2, 0) is 24.3 Å². The predicted octanol–water partition coefficient (Wildman–Crippen LogP) is 2.55. The van der Waals surface area contributed by atoms with Crippen LogP contribution in [0.4, 0.5) is 5.82 Å². The van der Waals surface area contributed by atoms with Crippen molar-refractivity contribution < 1.29 is 4.79 Å². The van der Waals surface area contributed by atoms with Gasteiger partial charge in [0, 0.05) is 25.6 Å². The molecule has 3 aromatic heterocycles. The lowest BCUT2D eigenvalue weighted by atomic mass is 9.96. The first-order valence-electron chi connectivity index (χ1n) is 11.0. The average molecular weight is 494 g/mol. The van der Waals surface area contributed by atoms with E-state index in [2.05, 4.69) is 20.4 Å². The summed E-state index contributed by atoms with van der Waals surface area (Å²) in [7, 11) is 2.98. The van der Waals surface area contributed by atoms with Crippen LogP contribution in [0, 0.1) is 6.92 Å². The molecule has 0 bridgehead atoms. The summed E-state index contributed by atoms with van der Waals surface area (Å²) in [5, 5.41) is 7.94. The van der Waals surface area contributed by atoms with Crippen molar-refractivity contribution in [2.75, 3.05) is 11.1 Å². The van der Waals surface area contributed by atoms with Gasteiger partial charge in [-0.2, -0.15) is 5.10 Å². The predicted molar refractivity (Wildman–Crippen MR) is 136 cm³/mol. The Morgan fingerprint density at radius 1 is 1.06 bits per heavy atom. The topological polar surface area (TPSA) is 117 Å². The molecule has 0 aliphatic heterocycles. The number of benzene rings is 1. The van der Waals surface area contributed by atoms with Crippen molar-refractivity contribution >= 4 is 34.5 Å². The first-order chi connectivity index (χ1) is 16.5. The Morgan fingerprint density at radius 2 is 1.74 bits per heavy atom. The van der Waals surface area contributed by atoms with Gasteiger partial charge in [-0.05, 0) is 19.1 Å². The van der Waals surface area contributed by atoms with Crippen LogP contribution in [-0.4, -0.2) is 40.5 Å². The van der Waals surface area contributed by atoms with E-state index in [4.69, 9.17) is 0 Å². The SMILES string of the molecule is Cc1cc(NC(=O)CSc2nc(C(C)(C)C)nc3c2c(=O)n(C)c(=O)n3C)n(-c2ccccc2)n1. The quantitative estimate of drug-likeness (QED) is 0.335. The number of nitrogens with zero attached hydrogens (tertiary/aromatic N) is 6. The number of aromatic nitrogens is 6. The fourth-order valence-electron chi connectivity index (χ4n) is 3.54. The molecule has 1 N–H and O–H groups in total. The van der Waals surface area contributed by atoms with Gasteiger partial charge in [-0.15, -0.1) is 0 Å². The summed E-state index contributed by atoms with van der Waals surface area (Å²) in [5.41, 5.74) is 0.437. The summed E-state index contributed by atoms with van der Waals surface area (Å²) in [6.07, 6.45) is 0. The second-order valence-corrected chi connectivity index (χ2v) is 10.2. The van der Waals surface area contributed by atoms with E-state index < -0.39 is 16.7 Å². The Balaban J connectivity index is 1.68. The molecule has 35 heavy (non-hydrogen) atoms. The summed E-state index contributed by atoms with van der Waals surface area (Å²) in [4.78, 5) is 47.5. The lowest BCUT2D eigenvalue weighted by molar-refractivity contribution is -0.113. The van der Waals surface area contributed by atoms with E-state index >= 15 is 0 Å². The largest absolute Gasteiger partial charge is 0.332 e. The van der Waals surface area contributed by atoms with Gasteiger partial charge in [-0.25, -0.2) is 19.4 Å². The van der Waals surface area contributed by atoms with Gasteiger partial charge in [0.15, 0.2) is 5.65 Å². The molecule has 0 atom stereocenters. The van der Waals surface area contributed by atoms with Gasteiger partial charge in [0.05, 0.1) is 17.1 Å². The number of anilines is 1. The van der Waals surface area contributed by atoms with Crippen molar-refractivity contribution in [1.29, 1.82) is 0 Å². The molecule has 4 aromatic rings. The Hall–Kier alpha value is -3.73. The number of nitrogens with one attached hydrogen (secondary N) is 1. The smallest absolute Gasteiger partial charge is 0.310 e. The van der Waals surface area contributed by atoms with Crippen LogP contribution >= 0.6 is 11.8 Å². The molecule has 0 fully saturated rings. The highest BCUT2D eigenvalue weighted by atomic mass is 32.2. The van der Waals surface area contributed by atoms with Crippen LogP contribution in [0.25, 0.3) is 16.7 Å². The maximum absolute atomic E-state index is 13.0. The maximum Gasteiger partial charge on any atom is 0.332 e. The summed E-state index contributed by atoms with van der Waals surface area (Å²) >= 11 is 1.13. The third-order valence-corrected chi connectivity index (χ3v) is 6.35. The maximum atomic E-state index is 13.0. The van der Waals surface area contributed by atoms with Crippen molar-refractivity contribution in [3.05, 3.63) is 68.8 Å². The molecule has 10 nitrogen and oxygen atoms in total. The van der Waals surface area contributed by atoms with Gasteiger partial charge in [0.25, 0.3) is 5.56 Å². The fourth-order valence-corrected chi connectivity index (χ4v) is 4.35. The van der Waals surface area contributed by atoms with Gasteiger partial charge in [0.2, 0.25) is 5.91 Å². The number of rotatable bonds is 5. The summed E-state index contributed by atoms with van der Waals surface area (Å²) < 4.78 is 4.02. The summed E-state index contributed by atoms with van der Waals surface area (Å²) in [5.74, 6) is 0.744. The second kappa shape index (κ2) is 9.14. The summed E-state index contributed by atoms with van der Waals surface area (Å²) in [6.45, 7) is 7.69. The number of para-hydroxylation sites is 1. The van der Waals surface area contributed by atoms with Crippen molar-refractivity contribution in [3.63, 3.8) is 0 Å². The van der Waals surface area contributed by atoms with E-state index in [1.807, 2.05) is 58.0 Å². The molecule has 0 radical (unpaired) electrons. The van der Waals surface area contributed by atoms with Gasteiger partial charge >= 0.3 is 5.69 Å². The van der Waals surface area contributed by atoms with Crippen LogP contribution in [0.5, 0.6) is 0 Å². The highest BCUT2D eigenvalue weighted by Crippen LogP contribution is 2.27. The summed E-state index contributed by atoms with van der Waals surface area (Å²) in [6, 6.07) is 11.3. The highest BCUT2D eigenvalue weighted by Gasteiger charge is 2.24. The van der Waals surface area contributed by atoms with Crippen LogP contribution in [0.2, 0.25) is 0 Å². The molecule has 1 amide bonds. The molecule has 4 rings (SSSR count). The van der Waals surface area contributed by atoms with Crippen molar-refractivity contribution in [3.8, 4) is 5.69 Å².